The largest absolute Gasteiger partial charge is 0.508 e. The summed E-state index contributed by atoms with van der Waals surface area (Å²) in [7, 11) is 0. The van der Waals surface area contributed by atoms with Crippen LogP contribution in [0, 0.1) is 0 Å². The fourth-order valence-corrected chi connectivity index (χ4v) is 1.36. The normalized spacial score (nSPS) is 9.81. The van der Waals surface area contributed by atoms with Crippen molar-refractivity contribution >= 4 is 12.3 Å². The Labute approximate surface area is 93.9 Å². The van der Waals surface area contributed by atoms with E-state index in [0.29, 0.717) is 18.6 Å². The fourth-order valence-electron chi connectivity index (χ4n) is 1.36. The van der Waals surface area contributed by atoms with Gasteiger partial charge < -0.3 is 14.6 Å². The number of ether oxygens (including phenoxy) is 1. The summed E-state index contributed by atoms with van der Waals surface area (Å²) < 4.78 is 4.80. The molecule has 1 aromatic carbocycles. The van der Waals surface area contributed by atoms with Crippen molar-refractivity contribution in [2.75, 3.05) is 6.61 Å². The number of esters is 1. The molecule has 0 spiro atoms. The van der Waals surface area contributed by atoms with Gasteiger partial charge in [-0.05, 0) is 11.6 Å². The number of rotatable bonds is 5. The summed E-state index contributed by atoms with van der Waals surface area (Å²) in [6.45, 7) is 1.66. The second-order valence-electron chi connectivity index (χ2n) is 3.42. The van der Waals surface area contributed by atoms with Crippen molar-refractivity contribution in [3.05, 3.63) is 29.3 Å². The molecule has 0 aromatic heterocycles. The van der Waals surface area contributed by atoms with E-state index in [1.807, 2.05) is 0 Å². The van der Waals surface area contributed by atoms with Gasteiger partial charge >= 0.3 is 5.97 Å². The monoisotopic (exact) mass is 222 g/mol. The summed E-state index contributed by atoms with van der Waals surface area (Å²) >= 11 is 0. The molecule has 0 aliphatic carbocycles. The third-order valence-electron chi connectivity index (χ3n) is 2.14. The molecule has 4 heteroatoms. The van der Waals surface area contributed by atoms with Gasteiger partial charge in [-0.15, -0.1) is 0 Å². The molecule has 0 amide bonds. The van der Waals surface area contributed by atoms with Crippen LogP contribution in [0.25, 0.3) is 0 Å². The Hall–Kier alpha value is -1.84. The van der Waals surface area contributed by atoms with Crippen LogP contribution in [0.4, 0.5) is 0 Å². The smallest absolute Gasteiger partial charge is 0.302 e. The molecule has 16 heavy (non-hydrogen) atoms. The summed E-state index contributed by atoms with van der Waals surface area (Å²) in [4.78, 5) is 20.9. The molecule has 1 N–H and O–H groups in total. The minimum Gasteiger partial charge on any atom is -0.508 e. The summed E-state index contributed by atoms with van der Waals surface area (Å²) in [6.07, 6.45) is 1.50. The number of phenols is 1. The second kappa shape index (κ2) is 5.90. The minimum absolute atomic E-state index is 0.114. The van der Waals surface area contributed by atoms with Crippen LogP contribution in [0.3, 0.4) is 0 Å². The van der Waals surface area contributed by atoms with Crippen LogP contribution in [0.15, 0.2) is 18.2 Å². The minimum atomic E-state index is -0.313. The van der Waals surface area contributed by atoms with Crippen molar-refractivity contribution in [1.82, 2.24) is 0 Å². The Kier molecular flexibility index (Phi) is 4.51. The van der Waals surface area contributed by atoms with Crippen molar-refractivity contribution in [2.45, 2.75) is 19.8 Å². The van der Waals surface area contributed by atoms with Crippen LogP contribution in [0.5, 0.6) is 5.75 Å². The average molecular weight is 222 g/mol. The first-order valence-corrected chi connectivity index (χ1v) is 5.01. The number of aromatic hydroxyl groups is 1. The fraction of sp³-hybridized carbons (Fsp3) is 0.333. The van der Waals surface area contributed by atoms with Gasteiger partial charge in [0, 0.05) is 25.3 Å². The van der Waals surface area contributed by atoms with Gasteiger partial charge in [-0.2, -0.15) is 0 Å². The molecular formula is C12H14O4. The summed E-state index contributed by atoms with van der Waals surface area (Å²) in [6, 6.07) is 5.03. The molecule has 0 saturated heterocycles. The number of carbonyl (C=O) groups is 2. The third-order valence-corrected chi connectivity index (χ3v) is 2.14. The zero-order chi connectivity index (χ0) is 12.0. The molecule has 0 radical (unpaired) electrons. The molecule has 0 heterocycles. The van der Waals surface area contributed by atoms with E-state index in [9.17, 15) is 14.7 Å². The van der Waals surface area contributed by atoms with Gasteiger partial charge in [0.05, 0.1) is 6.61 Å². The lowest BCUT2D eigenvalue weighted by Crippen LogP contribution is -2.03. The quantitative estimate of drug-likeness (QED) is 0.601. The van der Waals surface area contributed by atoms with Gasteiger partial charge in [-0.3, -0.25) is 4.79 Å². The number of phenolic OH excluding ortho intramolecular Hbond substituents is 1. The zero-order valence-corrected chi connectivity index (χ0v) is 9.10. The van der Waals surface area contributed by atoms with Crippen molar-refractivity contribution in [1.29, 1.82) is 0 Å². The number of hydrogen-bond donors (Lipinski definition) is 1. The van der Waals surface area contributed by atoms with E-state index >= 15 is 0 Å². The summed E-state index contributed by atoms with van der Waals surface area (Å²) in [5.74, 6) is -0.199. The molecule has 0 unspecified atom stereocenters. The van der Waals surface area contributed by atoms with Crippen molar-refractivity contribution in [3.63, 3.8) is 0 Å². The highest BCUT2D eigenvalue weighted by atomic mass is 16.5. The van der Waals surface area contributed by atoms with Gasteiger partial charge in [0.15, 0.2) is 0 Å². The Balaban J connectivity index is 2.63. The Morgan fingerprint density at radius 2 is 2.25 bits per heavy atom. The van der Waals surface area contributed by atoms with Gasteiger partial charge in [-0.1, -0.05) is 12.1 Å². The first kappa shape index (κ1) is 12.2. The van der Waals surface area contributed by atoms with E-state index in [4.69, 9.17) is 4.74 Å². The molecule has 0 aliphatic heterocycles. The Bertz CT molecular complexity index is 385. The maximum Gasteiger partial charge on any atom is 0.302 e. The maximum atomic E-state index is 10.5. The van der Waals surface area contributed by atoms with Gasteiger partial charge in [0.2, 0.25) is 0 Å². The Morgan fingerprint density at radius 3 is 2.88 bits per heavy atom. The van der Waals surface area contributed by atoms with E-state index in [0.717, 1.165) is 11.8 Å². The average Bonchev–Trinajstić information content (AvgIpc) is 2.22. The molecule has 0 atom stereocenters. The van der Waals surface area contributed by atoms with Crippen molar-refractivity contribution in [3.8, 4) is 5.75 Å². The second-order valence-corrected chi connectivity index (χ2v) is 3.42. The highest BCUT2D eigenvalue weighted by molar-refractivity contribution is 5.65. The SMILES string of the molecule is CC(=O)OCCc1ccc(O)c(CC=O)c1. The van der Waals surface area contributed by atoms with E-state index < -0.39 is 0 Å². The van der Waals surface area contributed by atoms with E-state index in [2.05, 4.69) is 0 Å². The van der Waals surface area contributed by atoms with Crippen LogP contribution in [-0.2, 0) is 27.2 Å². The maximum absolute atomic E-state index is 10.5. The van der Waals surface area contributed by atoms with Gasteiger partial charge in [-0.25, -0.2) is 0 Å². The molecule has 0 bridgehead atoms. The molecule has 4 nitrogen and oxygen atoms in total. The van der Waals surface area contributed by atoms with Crippen LogP contribution >= 0.6 is 0 Å². The molecule has 1 rings (SSSR count). The number of hydrogen-bond acceptors (Lipinski definition) is 4. The molecular weight excluding hydrogens is 208 g/mol. The van der Waals surface area contributed by atoms with Crippen LogP contribution < -0.4 is 0 Å². The summed E-state index contributed by atoms with van der Waals surface area (Å²) in [5, 5.41) is 9.44. The summed E-state index contributed by atoms with van der Waals surface area (Å²) in [5.41, 5.74) is 1.52. The highest BCUT2D eigenvalue weighted by Gasteiger charge is 2.03. The number of aldehydes is 1. The molecule has 86 valence electrons. The molecule has 0 fully saturated rings. The van der Waals surface area contributed by atoms with E-state index in [1.54, 1.807) is 18.2 Å². The lowest BCUT2D eigenvalue weighted by atomic mass is 10.1. The zero-order valence-electron chi connectivity index (χ0n) is 9.10. The highest BCUT2D eigenvalue weighted by Crippen LogP contribution is 2.18. The topological polar surface area (TPSA) is 63.6 Å². The molecule has 0 aliphatic rings. The Morgan fingerprint density at radius 1 is 1.50 bits per heavy atom. The first-order valence-electron chi connectivity index (χ1n) is 5.01. The van der Waals surface area contributed by atoms with Gasteiger partial charge in [0.25, 0.3) is 0 Å². The van der Waals surface area contributed by atoms with Crippen molar-refractivity contribution in [2.24, 2.45) is 0 Å². The number of carbonyl (C=O) groups excluding carboxylic acids is 2. The predicted molar refractivity (Wildman–Crippen MR) is 58.2 cm³/mol. The van der Waals surface area contributed by atoms with Crippen LogP contribution in [-0.4, -0.2) is 24.0 Å². The predicted octanol–water partition coefficient (Wildman–Crippen LogP) is 1.24. The van der Waals surface area contributed by atoms with E-state index in [1.165, 1.54) is 6.92 Å². The standard InChI is InChI=1S/C12H14O4/c1-9(14)16-7-5-10-2-3-12(15)11(8-10)4-6-13/h2-3,6,8,15H,4-5,7H2,1H3. The van der Waals surface area contributed by atoms with Crippen LogP contribution in [0.1, 0.15) is 18.1 Å². The molecule has 0 saturated carbocycles. The van der Waals surface area contributed by atoms with Crippen molar-refractivity contribution < 1.29 is 19.4 Å². The molecule has 1 aromatic rings. The van der Waals surface area contributed by atoms with Crippen LogP contribution in [0.2, 0.25) is 0 Å². The lowest BCUT2D eigenvalue weighted by molar-refractivity contribution is -0.140. The lowest BCUT2D eigenvalue weighted by Gasteiger charge is -2.05. The first-order chi connectivity index (χ1) is 7.63. The van der Waals surface area contributed by atoms with E-state index in [-0.39, 0.29) is 18.1 Å². The van der Waals surface area contributed by atoms with Gasteiger partial charge in [0.1, 0.15) is 12.0 Å². The third kappa shape index (κ3) is 3.73. The number of benzene rings is 1.